The Morgan fingerprint density at radius 1 is 1.04 bits per heavy atom. The van der Waals surface area contributed by atoms with Gasteiger partial charge in [-0.25, -0.2) is 29.9 Å². The molecule has 17 nitrogen and oxygen atoms in total. The van der Waals surface area contributed by atoms with Crippen molar-refractivity contribution in [2.45, 2.75) is 123 Å². The maximum absolute atomic E-state index is 14.8. The van der Waals surface area contributed by atoms with Crippen LogP contribution in [0, 0.1) is 18.8 Å². The zero-order valence-electron chi connectivity index (χ0n) is 30.0. The van der Waals surface area contributed by atoms with Gasteiger partial charge in [-0.1, -0.05) is 27.7 Å². The Labute approximate surface area is 291 Å². The van der Waals surface area contributed by atoms with Gasteiger partial charge in [0.25, 0.3) is 0 Å². The summed E-state index contributed by atoms with van der Waals surface area (Å²) in [6, 6.07) is -1.76. The van der Waals surface area contributed by atoms with Crippen LogP contribution in [0.15, 0.2) is 6.33 Å². The molecule has 2 saturated heterocycles. The monoisotopic (exact) mass is 723 g/mol. The number of ether oxygens (including phenoxy) is 5. The van der Waals surface area contributed by atoms with Crippen LogP contribution >= 0.6 is 7.67 Å². The van der Waals surface area contributed by atoms with Crippen molar-refractivity contribution in [3.05, 3.63) is 12.2 Å². The molecule has 3 fully saturated rings. The zero-order chi connectivity index (χ0) is 36.4. The summed E-state index contributed by atoms with van der Waals surface area (Å²) in [6.07, 6.45) is 0.276. The normalized spacial score (nSPS) is 25.6. The lowest BCUT2D eigenvalue weighted by Crippen LogP contribution is -2.46. The molecule has 4 heterocycles. The van der Waals surface area contributed by atoms with Crippen LogP contribution in [-0.2, 0) is 42.4 Å². The van der Waals surface area contributed by atoms with Crippen LogP contribution in [0.4, 0.5) is 10.6 Å². The van der Waals surface area contributed by atoms with Gasteiger partial charge in [-0.2, -0.15) is 0 Å². The highest BCUT2D eigenvalue weighted by molar-refractivity contribution is 7.54. The van der Waals surface area contributed by atoms with Crippen LogP contribution in [0.25, 0.3) is 11.2 Å². The molecule has 1 saturated carbocycles. The van der Waals surface area contributed by atoms with Crippen LogP contribution in [0.5, 0.6) is 0 Å². The first-order chi connectivity index (χ1) is 23.7. The van der Waals surface area contributed by atoms with Gasteiger partial charge in [0, 0.05) is 6.04 Å². The third-order valence-corrected chi connectivity index (χ3v) is 10.4. The van der Waals surface area contributed by atoms with E-state index >= 15 is 0 Å². The Balaban J connectivity index is 1.45. The molecular formula is C32H50N7O10P. The summed E-state index contributed by atoms with van der Waals surface area (Å²) in [7, 11) is -4.28. The van der Waals surface area contributed by atoms with E-state index in [2.05, 4.69) is 30.4 Å². The van der Waals surface area contributed by atoms with Gasteiger partial charge in [-0.05, 0) is 65.2 Å². The summed E-state index contributed by atoms with van der Waals surface area (Å²) < 4.78 is 50.9. The van der Waals surface area contributed by atoms with Crippen molar-refractivity contribution in [3.63, 3.8) is 0 Å². The van der Waals surface area contributed by atoms with Crippen molar-refractivity contribution in [1.29, 1.82) is 0 Å². The van der Waals surface area contributed by atoms with Crippen molar-refractivity contribution >= 4 is 42.7 Å². The lowest BCUT2D eigenvalue weighted by molar-refractivity contribution is -0.146. The Bertz CT molecular complexity index is 1560. The van der Waals surface area contributed by atoms with Crippen molar-refractivity contribution in [1.82, 2.24) is 29.7 Å². The quantitative estimate of drug-likeness (QED) is 0.112. The van der Waals surface area contributed by atoms with Crippen molar-refractivity contribution in [2.75, 3.05) is 25.1 Å². The van der Waals surface area contributed by atoms with E-state index in [0.29, 0.717) is 28.8 Å². The van der Waals surface area contributed by atoms with E-state index in [1.165, 1.54) is 0 Å². The summed E-state index contributed by atoms with van der Waals surface area (Å²) in [5.74, 6) is -0.115. The van der Waals surface area contributed by atoms with E-state index in [1.807, 2.05) is 27.7 Å². The highest BCUT2D eigenvalue weighted by Gasteiger charge is 2.64. The smallest absolute Gasteiger partial charge is 0.465 e. The summed E-state index contributed by atoms with van der Waals surface area (Å²) in [5.41, 5.74) is -0.372. The first-order valence-corrected chi connectivity index (χ1v) is 18.9. The van der Waals surface area contributed by atoms with E-state index in [0.717, 1.165) is 12.8 Å². The number of nitrogens with one attached hydrogen (secondary N) is 3. The number of anilines is 1. The predicted molar refractivity (Wildman–Crippen MR) is 180 cm³/mol. The predicted octanol–water partition coefficient (Wildman–Crippen LogP) is 4.16. The van der Waals surface area contributed by atoms with Crippen LogP contribution in [0.2, 0.25) is 0 Å². The van der Waals surface area contributed by atoms with Gasteiger partial charge in [0.1, 0.15) is 24.0 Å². The lowest BCUT2D eigenvalue weighted by atomic mass is 9.96. The van der Waals surface area contributed by atoms with Gasteiger partial charge < -0.3 is 33.5 Å². The summed E-state index contributed by atoms with van der Waals surface area (Å²) in [4.78, 5) is 52.4. The molecule has 0 bridgehead atoms. The molecule has 0 radical (unpaired) electrons. The second kappa shape index (κ2) is 15.5. The van der Waals surface area contributed by atoms with E-state index in [-0.39, 0.29) is 37.9 Å². The standard InChI is InChI=1S/C32H50N7O10P/c1-9-44-28(40)21(13-17(3)4)37-50(43,38-22(14-18(5)6)29(41)45-10-2)46-15-23-25-32(8,49-31(42)48-25)30(47-23)39-16-33-24-26(36-20-11-12-20)34-19(7)35-27(24)39/h16-18,20-23,25,30H,9-15H2,1-8H3,(H,34,35,36)(H2,37,38,43)/t21?,22?,23-,25?,30-,32+,50?/m1/s1. The molecular weight excluding hydrogens is 673 g/mol. The Morgan fingerprint density at radius 3 is 2.18 bits per heavy atom. The average molecular weight is 724 g/mol. The second-order valence-electron chi connectivity index (χ2n) is 13.9. The second-order valence-corrected chi connectivity index (χ2v) is 15.8. The first kappa shape index (κ1) is 37.9. The minimum absolute atomic E-state index is 0.00833. The zero-order valence-corrected chi connectivity index (χ0v) is 30.9. The maximum atomic E-state index is 14.8. The molecule has 3 unspecified atom stereocenters. The van der Waals surface area contributed by atoms with Crippen LogP contribution in [0.1, 0.15) is 86.2 Å². The number of fused-ring (bicyclic) bond motifs is 2. The topological polar surface area (TPSA) is 203 Å². The summed E-state index contributed by atoms with van der Waals surface area (Å²) in [5, 5.41) is 9.09. The fourth-order valence-corrected chi connectivity index (χ4v) is 8.03. The number of hydrogen-bond acceptors (Lipinski definition) is 14. The molecule has 2 aromatic rings. The summed E-state index contributed by atoms with van der Waals surface area (Å²) in [6.45, 7) is 14.3. The molecule has 0 spiro atoms. The highest BCUT2D eigenvalue weighted by Crippen LogP contribution is 2.49. The lowest BCUT2D eigenvalue weighted by Gasteiger charge is -2.30. The molecule has 18 heteroatoms. The van der Waals surface area contributed by atoms with E-state index < -0.39 is 68.5 Å². The minimum atomic E-state index is -4.28. The molecule has 2 aliphatic heterocycles. The fourth-order valence-electron chi connectivity index (χ4n) is 6.21. The molecule has 1 aliphatic carbocycles. The first-order valence-electron chi connectivity index (χ1n) is 17.3. The molecule has 3 N–H and O–H groups in total. The van der Waals surface area contributed by atoms with E-state index in [4.69, 9.17) is 28.2 Å². The number of aryl methyl sites for hydroxylation is 1. The van der Waals surface area contributed by atoms with Gasteiger partial charge >= 0.3 is 25.8 Å². The number of imidazole rings is 1. The van der Waals surface area contributed by atoms with Gasteiger partial charge in [-0.15, -0.1) is 0 Å². The third-order valence-electron chi connectivity index (χ3n) is 8.56. The molecule has 278 valence electrons. The van der Waals surface area contributed by atoms with E-state index in [9.17, 15) is 18.9 Å². The molecule has 3 aliphatic rings. The Kier molecular flexibility index (Phi) is 11.7. The number of esters is 2. The van der Waals surface area contributed by atoms with Gasteiger partial charge in [0.2, 0.25) is 0 Å². The van der Waals surface area contributed by atoms with Gasteiger partial charge in [0.05, 0.1) is 26.1 Å². The van der Waals surface area contributed by atoms with Crippen LogP contribution < -0.4 is 15.5 Å². The van der Waals surface area contributed by atoms with Crippen LogP contribution in [0.3, 0.4) is 0 Å². The van der Waals surface area contributed by atoms with E-state index in [1.54, 1.807) is 38.6 Å². The third kappa shape index (κ3) is 8.56. The maximum Gasteiger partial charge on any atom is 0.509 e. The molecule has 0 aromatic carbocycles. The summed E-state index contributed by atoms with van der Waals surface area (Å²) >= 11 is 0. The molecule has 0 amide bonds. The fraction of sp³-hybridized carbons (Fsp3) is 0.750. The number of nitrogens with zero attached hydrogens (tertiary/aromatic N) is 4. The highest BCUT2D eigenvalue weighted by atomic mass is 31.2. The molecule has 6 atom stereocenters. The molecule has 5 rings (SSSR count). The molecule has 50 heavy (non-hydrogen) atoms. The van der Waals surface area contributed by atoms with Gasteiger partial charge in [-0.3, -0.25) is 18.7 Å². The number of carbonyl (C=O) groups excluding carboxylic acids is 3. The average Bonchev–Trinajstić information content (AvgIpc) is 3.57. The van der Waals surface area contributed by atoms with Crippen LogP contribution in [-0.4, -0.2) is 93.4 Å². The largest absolute Gasteiger partial charge is 0.509 e. The van der Waals surface area contributed by atoms with Crippen molar-refractivity contribution in [2.24, 2.45) is 11.8 Å². The number of hydrogen-bond donors (Lipinski definition) is 3. The number of carbonyl (C=O) groups is 3. The minimum Gasteiger partial charge on any atom is -0.465 e. The Morgan fingerprint density at radius 2 is 1.64 bits per heavy atom. The van der Waals surface area contributed by atoms with Crippen molar-refractivity contribution in [3.8, 4) is 0 Å². The number of rotatable bonds is 18. The molecule has 2 aromatic heterocycles. The van der Waals surface area contributed by atoms with Gasteiger partial charge in [0.15, 0.2) is 34.9 Å². The Hall–Kier alpha value is -3.37. The van der Waals surface area contributed by atoms with Crippen molar-refractivity contribution < 1.29 is 47.2 Å². The SMILES string of the molecule is CCOC(=O)C(CC(C)C)NP(=O)(NC(CC(C)C)C(=O)OCC)OC[C@H]1O[C@@H](n2cnc3c(NC4CC4)nc(C)nc32)[C@@]2(C)OC(=O)OC12. The number of aromatic nitrogens is 4.